The molecule has 0 aliphatic rings. The summed E-state index contributed by atoms with van der Waals surface area (Å²) in [5.74, 6) is 0.808. The standard InChI is InChI=1S/C7H15OS.Pb/c1-2-3-4-7(8)5-6-9;/h7-9H,1-6H2;. The van der Waals surface area contributed by atoms with Crippen LogP contribution in [0.5, 0.6) is 0 Å². The van der Waals surface area contributed by atoms with Crippen LogP contribution in [0.1, 0.15) is 25.7 Å². The van der Waals surface area contributed by atoms with Crippen molar-refractivity contribution in [3.05, 3.63) is 0 Å². The van der Waals surface area contributed by atoms with E-state index in [0.29, 0.717) is 0 Å². The molecule has 1 nitrogen and oxygen atoms in total. The third kappa shape index (κ3) is 7.34. The first-order valence-electron chi connectivity index (χ1n) is 3.74. The molecule has 0 aromatic rings. The molecule has 1 unspecified atom stereocenters. The van der Waals surface area contributed by atoms with E-state index >= 15 is 0 Å². The minimum absolute atomic E-state index is 0.0919. The molecule has 0 aromatic heterocycles. The first-order chi connectivity index (χ1) is 4.81. The molecule has 0 rings (SSSR count). The fraction of sp³-hybridized carbons (Fsp3) is 1.00. The molecule has 10 heavy (non-hydrogen) atoms. The Morgan fingerprint density at radius 1 is 1.30 bits per heavy atom. The van der Waals surface area contributed by atoms with Gasteiger partial charge in [0.15, 0.2) is 0 Å². The Morgan fingerprint density at radius 2 is 2.00 bits per heavy atom. The fourth-order valence-corrected chi connectivity index (χ4v) is 2.07. The van der Waals surface area contributed by atoms with Crippen LogP contribution < -0.4 is 0 Å². The summed E-state index contributed by atoms with van der Waals surface area (Å²) in [6, 6.07) is 0. The van der Waals surface area contributed by atoms with Gasteiger partial charge in [-0.15, -0.1) is 0 Å². The molecule has 0 aliphatic heterocycles. The Hall–Kier alpha value is 1.23. The molecular formula is C7H15OPbS. The van der Waals surface area contributed by atoms with Gasteiger partial charge in [0.05, 0.1) is 0 Å². The number of aliphatic hydroxyl groups excluding tert-OH is 1. The second-order valence-corrected chi connectivity index (χ2v) is 4.80. The molecule has 59 valence electrons. The number of unbranched alkanes of at least 4 members (excludes halogenated alkanes) is 1. The summed E-state index contributed by atoms with van der Waals surface area (Å²) in [6.45, 7) is 0. The quantitative estimate of drug-likeness (QED) is 0.420. The van der Waals surface area contributed by atoms with Gasteiger partial charge in [0, 0.05) is 0 Å². The monoisotopic (exact) mass is 355 g/mol. The van der Waals surface area contributed by atoms with Crippen molar-refractivity contribution in [2.24, 2.45) is 0 Å². The van der Waals surface area contributed by atoms with E-state index in [2.05, 4.69) is 12.6 Å². The summed E-state index contributed by atoms with van der Waals surface area (Å²) in [7, 11) is 0. The van der Waals surface area contributed by atoms with E-state index < -0.39 is 0 Å². The zero-order valence-corrected chi connectivity index (χ0v) is 11.0. The zero-order valence-electron chi connectivity index (χ0n) is 6.21. The Morgan fingerprint density at radius 3 is 2.50 bits per heavy atom. The molecule has 1 N–H and O–H groups in total. The zero-order chi connectivity index (χ0) is 7.82. The molecule has 3 heteroatoms. The second-order valence-electron chi connectivity index (χ2n) is 2.41. The summed E-state index contributed by atoms with van der Waals surface area (Å²) in [6.07, 6.45) is 4.23. The molecule has 0 amide bonds. The molecule has 0 spiro atoms. The van der Waals surface area contributed by atoms with Gasteiger partial charge in [-0.05, 0) is 0 Å². The minimum atomic E-state index is -0.0919. The molecule has 0 aliphatic carbocycles. The fourth-order valence-electron chi connectivity index (χ4n) is 0.798. The number of hydrogen-bond donors (Lipinski definition) is 2. The van der Waals surface area contributed by atoms with Crippen LogP contribution in [0.15, 0.2) is 0 Å². The van der Waals surface area contributed by atoms with Crippen molar-refractivity contribution in [1.29, 1.82) is 0 Å². The van der Waals surface area contributed by atoms with E-state index in [-0.39, 0.29) is 6.10 Å². The van der Waals surface area contributed by atoms with Gasteiger partial charge in [0.2, 0.25) is 0 Å². The molecule has 0 saturated carbocycles. The molecule has 0 fully saturated rings. The Kier molecular flexibility index (Phi) is 9.36. The van der Waals surface area contributed by atoms with E-state index in [1.807, 2.05) is 0 Å². The van der Waals surface area contributed by atoms with Crippen molar-refractivity contribution >= 4 is 38.4 Å². The van der Waals surface area contributed by atoms with Gasteiger partial charge < -0.3 is 0 Å². The molecular weight excluding hydrogens is 339 g/mol. The van der Waals surface area contributed by atoms with Gasteiger partial charge in [0.25, 0.3) is 0 Å². The molecule has 1 atom stereocenters. The summed E-state index contributed by atoms with van der Waals surface area (Å²) < 4.78 is 1.37. The van der Waals surface area contributed by atoms with Gasteiger partial charge in [0.1, 0.15) is 0 Å². The Balaban J connectivity index is 2.97. The third-order valence-electron chi connectivity index (χ3n) is 1.43. The molecule has 0 heterocycles. The summed E-state index contributed by atoms with van der Waals surface area (Å²) in [5, 5.41) is 9.24. The van der Waals surface area contributed by atoms with Crippen molar-refractivity contribution < 1.29 is 5.11 Å². The van der Waals surface area contributed by atoms with Crippen LogP contribution in [0.25, 0.3) is 0 Å². The maximum absolute atomic E-state index is 9.24. The van der Waals surface area contributed by atoms with Crippen LogP contribution in [0.3, 0.4) is 0 Å². The van der Waals surface area contributed by atoms with Crippen molar-refractivity contribution in [2.75, 3.05) is 5.75 Å². The first kappa shape index (κ1) is 11.2. The van der Waals surface area contributed by atoms with Crippen LogP contribution in [0.4, 0.5) is 0 Å². The van der Waals surface area contributed by atoms with Gasteiger partial charge in [-0.3, -0.25) is 0 Å². The summed E-state index contributed by atoms with van der Waals surface area (Å²) >= 11 is 5.36. The summed E-state index contributed by atoms with van der Waals surface area (Å²) in [5.41, 5.74) is 0. The van der Waals surface area contributed by atoms with E-state index in [4.69, 9.17) is 0 Å². The van der Waals surface area contributed by atoms with Crippen LogP contribution in [-0.2, 0) is 0 Å². The SMILES string of the molecule is OC(CCS)CCC[CH2][Pb]. The number of thiol groups is 1. The molecule has 3 radical (unpaired) electrons. The van der Waals surface area contributed by atoms with Gasteiger partial charge in [-0.25, -0.2) is 0 Å². The van der Waals surface area contributed by atoms with Gasteiger partial charge >= 0.3 is 85.0 Å². The molecule has 0 aromatic carbocycles. The van der Waals surface area contributed by atoms with E-state index in [0.717, 1.165) is 18.6 Å². The maximum atomic E-state index is 9.24. The molecule has 0 saturated heterocycles. The number of aliphatic hydroxyl groups is 1. The second kappa shape index (κ2) is 8.33. The summed E-state index contributed by atoms with van der Waals surface area (Å²) in [4.78, 5) is 0. The third-order valence-corrected chi connectivity index (χ3v) is 3.06. The van der Waals surface area contributed by atoms with Crippen molar-refractivity contribution in [3.63, 3.8) is 0 Å². The van der Waals surface area contributed by atoms with E-state index in [1.54, 1.807) is 0 Å². The van der Waals surface area contributed by atoms with Crippen molar-refractivity contribution in [3.8, 4) is 0 Å². The Labute approximate surface area is 84.7 Å². The predicted molar refractivity (Wildman–Crippen MR) is 48.9 cm³/mol. The number of rotatable bonds is 6. The van der Waals surface area contributed by atoms with Crippen LogP contribution >= 0.6 is 12.6 Å². The van der Waals surface area contributed by atoms with Crippen molar-refractivity contribution in [2.45, 2.75) is 35.8 Å². The van der Waals surface area contributed by atoms with E-state index in [1.165, 1.54) is 42.6 Å². The predicted octanol–water partition coefficient (Wildman–Crippen LogP) is 1.42. The number of hydrogen-bond acceptors (Lipinski definition) is 2. The normalized spacial score (nSPS) is 13.5. The van der Waals surface area contributed by atoms with Gasteiger partial charge in [-0.2, -0.15) is 0 Å². The van der Waals surface area contributed by atoms with E-state index in [9.17, 15) is 5.11 Å². The van der Waals surface area contributed by atoms with Crippen LogP contribution in [-0.4, -0.2) is 42.7 Å². The average Bonchev–Trinajstić information content (AvgIpc) is 1.89. The topological polar surface area (TPSA) is 20.2 Å². The van der Waals surface area contributed by atoms with Crippen LogP contribution in [0.2, 0.25) is 3.98 Å². The van der Waals surface area contributed by atoms with Crippen LogP contribution in [0, 0.1) is 0 Å². The van der Waals surface area contributed by atoms with Crippen molar-refractivity contribution in [1.82, 2.24) is 0 Å². The average molecular weight is 354 g/mol. The Bertz CT molecular complexity index is 70.6. The first-order valence-corrected chi connectivity index (χ1v) is 7.13. The molecule has 0 bridgehead atoms. The van der Waals surface area contributed by atoms with Gasteiger partial charge in [-0.1, -0.05) is 0 Å².